The third-order valence-corrected chi connectivity index (χ3v) is 3.84. The molecule has 4 heteroatoms. The monoisotopic (exact) mass is 379 g/mol. The molecule has 0 fully saturated rings. The molecule has 0 saturated heterocycles. The lowest BCUT2D eigenvalue weighted by molar-refractivity contribution is 1.13. The van der Waals surface area contributed by atoms with Crippen molar-refractivity contribution in [3.05, 3.63) is 57.7 Å². The van der Waals surface area contributed by atoms with Crippen LogP contribution in [0.15, 0.2) is 53.5 Å². The van der Waals surface area contributed by atoms with Crippen LogP contribution in [0, 0.1) is 3.57 Å². The summed E-state index contributed by atoms with van der Waals surface area (Å²) in [6, 6.07) is 16.3. The Kier molecular flexibility index (Phi) is 5.00. The number of hydrogen-bond donors (Lipinski definition) is 1. The molecule has 2 aromatic rings. The van der Waals surface area contributed by atoms with E-state index < -0.39 is 0 Å². The van der Waals surface area contributed by atoms with Crippen molar-refractivity contribution in [3.63, 3.8) is 0 Å². The molecule has 0 atom stereocenters. The van der Waals surface area contributed by atoms with Crippen molar-refractivity contribution < 1.29 is 0 Å². The molecular weight excluding hydrogens is 361 g/mol. The van der Waals surface area contributed by atoms with Crippen molar-refractivity contribution in [3.8, 4) is 0 Å². The lowest BCUT2D eigenvalue weighted by Gasteiger charge is -2.18. The molecule has 20 heavy (non-hydrogen) atoms. The van der Waals surface area contributed by atoms with E-state index in [1.165, 1.54) is 9.13 Å². The Balaban J connectivity index is 2.22. The smallest absolute Gasteiger partial charge is 0.200 e. The van der Waals surface area contributed by atoms with Crippen LogP contribution >= 0.6 is 22.6 Å². The van der Waals surface area contributed by atoms with Crippen LogP contribution < -0.4 is 10.6 Å². The molecule has 0 aliphatic heterocycles. The molecule has 2 rings (SSSR count). The summed E-state index contributed by atoms with van der Waals surface area (Å²) in [5, 5.41) is 0. The third kappa shape index (κ3) is 3.72. The zero-order valence-electron chi connectivity index (χ0n) is 11.7. The molecule has 0 saturated carbocycles. The highest BCUT2D eigenvalue weighted by Crippen LogP contribution is 2.18. The zero-order valence-corrected chi connectivity index (χ0v) is 13.8. The van der Waals surface area contributed by atoms with Gasteiger partial charge in [-0.1, -0.05) is 19.1 Å². The number of anilines is 1. The first-order valence-electron chi connectivity index (χ1n) is 6.52. The predicted molar refractivity (Wildman–Crippen MR) is 94.7 cm³/mol. The highest BCUT2D eigenvalue weighted by atomic mass is 127. The first-order valence-corrected chi connectivity index (χ1v) is 7.60. The van der Waals surface area contributed by atoms with E-state index in [2.05, 4.69) is 46.6 Å². The molecule has 3 nitrogen and oxygen atoms in total. The first kappa shape index (κ1) is 14.8. The number of aliphatic imine (C=N–C) groups is 1. The fourth-order valence-electron chi connectivity index (χ4n) is 1.84. The van der Waals surface area contributed by atoms with Gasteiger partial charge in [-0.05, 0) is 71.0 Å². The molecular formula is C16H18IN3. The molecule has 2 N–H and O–H groups in total. The Morgan fingerprint density at radius 2 is 1.90 bits per heavy atom. The summed E-state index contributed by atoms with van der Waals surface area (Å²) >= 11 is 2.27. The van der Waals surface area contributed by atoms with Crippen LogP contribution in [0.3, 0.4) is 0 Å². The molecule has 0 unspecified atom stereocenters. The Bertz CT molecular complexity index is 605. The minimum Gasteiger partial charge on any atom is -0.369 e. The van der Waals surface area contributed by atoms with Gasteiger partial charge in [-0.2, -0.15) is 0 Å². The summed E-state index contributed by atoms with van der Waals surface area (Å²) in [4.78, 5) is 6.35. The Morgan fingerprint density at radius 3 is 2.55 bits per heavy atom. The van der Waals surface area contributed by atoms with Gasteiger partial charge >= 0.3 is 0 Å². The maximum atomic E-state index is 6.08. The third-order valence-electron chi connectivity index (χ3n) is 3.12. The Morgan fingerprint density at radius 1 is 1.20 bits per heavy atom. The average Bonchev–Trinajstić information content (AvgIpc) is 2.48. The van der Waals surface area contributed by atoms with Crippen molar-refractivity contribution in [2.24, 2.45) is 10.7 Å². The second-order valence-corrected chi connectivity index (χ2v) is 5.77. The maximum Gasteiger partial charge on any atom is 0.200 e. The average molecular weight is 379 g/mol. The molecule has 0 aliphatic rings. The van der Waals surface area contributed by atoms with Crippen molar-refractivity contribution in [1.29, 1.82) is 0 Å². The summed E-state index contributed by atoms with van der Waals surface area (Å²) in [6.07, 6.45) is 1.01. The number of nitrogens with two attached hydrogens (primary N) is 1. The molecule has 0 bridgehead atoms. The normalized spacial score (nSPS) is 11.4. The minimum absolute atomic E-state index is 0.486. The maximum absolute atomic E-state index is 6.08. The zero-order chi connectivity index (χ0) is 14.5. The number of guanidine groups is 1. The van der Waals surface area contributed by atoms with E-state index in [9.17, 15) is 0 Å². The molecule has 0 amide bonds. The quantitative estimate of drug-likeness (QED) is 0.499. The first-order chi connectivity index (χ1) is 9.60. The van der Waals surface area contributed by atoms with Gasteiger partial charge in [-0.25, -0.2) is 4.99 Å². The molecule has 0 radical (unpaired) electrons. The van der Waals surface area contributed by atoms with Crippen LogP contribution in [0.2, 0.25) is 0 Å². The van der Waals surface area contributed by atoms with Crippen LogP contribution in [0.4, 0.5) is 11.4 Å². The molecule has 0 heterocycles. The van der Waals surface area contributed by atoms with Crippen LogP contribution in [-0.2, 0) is 6.42 Å². The number of hydrogen-bond acceptors (Lipinski definition) is 1. The summed E-state index contributed by atoms with van der Waals surface area (Å²) in [5.74, 6) is 0.486. The predicted octanol–water partition coefficient (Wildman–Crippen LogP) is 3.94. The number of nitrogens with zero attached hydrogens (tertiary/aromatic N) is 2. The van der Waals surface area contributed by atoms with E-state index in [4.69, 9.17) is 5.73 Å². The number of rotatable bonds is 3. The van der Waals surface area contributed by atoms with Crippen LogP contribution in [0.1, 0.15) is 12.5 Å². The SMILES string of the molecule is CCc1cccc(N(C)C(N)=Nc2ccc(I)cc2)c1. The van der Waals surface area contributed by atoms with Gasteiger partial charge in [0.25, 0.3) is 0 Å². The van der Waals surface area contributed by atoms with Gasteiger partial charge in [0.15, 0.2) is 0 Å². The van der Waals surface area contributed by atoms with Gasteiger partial charge in [-0.3, -0.25) is 0 Å². The minimum atomic E-state index is 0.486. The van der Waals surface area contributed by atoms with Crippen molar-refractivity contribution in [2.45, 2.75) is 13.3 Å². The standard InChI is InChI=1S/C16H18IN3/c1-3-12-5-4-6-15(11-12)20(2)16(18)19-14-9-7-13(17)8-10-14/h4-11H,3H2,1-2H3,(H2,18,19). The number of benzene rings is 2. The second kappa shape index (κ2) is 6.74. The van der Waals surface area contributed by atoms with Gasteiger partial charge in [0.05, 0.1) is 5.69 Å². The molecule has 2 aromatic carbocycles. The van der Waals surface area contributed by atoms with E-state index >= 15 is 0 Å². The fourth-order valence-corrected chi connectivity index (χ4v) is 2.20. The van der Waals surface area contributed by atoms with Crippen LogP contribution in [0.5, 0.6) is 0 Å². The van der Waals surface area contributed by atoms with E-state index in [1.807, 2.05) is 48.3 Å². The topological polar surface area (TPSA) is 41.6 Å². The molecule has 104 valence electrons. The van der Waals surface area contributed by atoms with Crippen molar-refractivity contribution >= 4 is 39.9 Å². The molecule has 0 aromatic heterocycles. The van der Waals surface area contributed by atoms with Gasteiger partial charge in [-0.15, -0.1) is 0 Å². The summed E-state index contributed by atoms with van der Waals surface area (Å²) in [5.41, 5.74) is 9.29. The van der Waals surface area contributed by atoms with Crippen molar-refractivity contribution in [2.75, 3.05) is 11.9 Å². The van der Waals surface area contributed by atoms with Gasteiger partial charge in [0.1, 0.15) is 0 Å². The second-order valence-electron chi connectivity index (χ2n) is 4.53. The van der Waals surface area contributed by atoms with E-state index in [-0.39, 0.29) is 0 Å². The van der Waals surface area contributed by atoms with Gasteiger partial charge < -0.3 is 10.6 Å². The lowest BCUT2D eigenvalue weighted by Crippen LogP contribution is -2.33. The molecule has 0 spiro atoms. The van der Waals surface area contributed by atoms with Crippen LogP contribution in [-0.4, -0.2) is 13.0 Å². The van der Waals surface area contributed by atoms with Crippen LogP contribution in [0.25, 0.3) is 0 Å². The Labute approximate surface area is 133 Å². The number of aryl methyl sites for hydroxylation is 1. The summed E-state index contributed by atoms with van der Waals surface area (Å²) in [7, 11) is 1.93. The van der Waals surface area contributed by atoms with Gasteiger partial charge in [0.2, 0.25) is 5.96 Å². The van der Waals surface area contributed by atoms with Gasteiger partial charge in [0, 0.05) is 16.3 Å². The van der Waals surface area contributed by atoms with E-state index in [0.717, 1.165) is 17.8 Å². The van der Waals surface area contributed by atoms with E-state index in [0.29, 0.717) is 5.96 Å². The summed E-state index contributed by atoms with van der Waals surface area (Å²) < 4.78 is 1.18. The number of halogens is 1. The largest absolute Gasteiger partial charge is 0.369 e. The highest BCUT2D eigenvalue weighted by molar-refractivity contribution is 14.1. The van der Waals surface area contributed by atoms with Crippen molar-refractivity contribution in [1.82, 2.24) is 0 Å². The Hall–Kier alpha value is -1.56. The molecule has 0 aliphatic carbocycles. The highest BCUT2D eigenvalue weighted by Gasteiger charge is 2.05. The summed E-state index contributed by atoms with van der Waals surface area (Å²) in [6.45, 7) is 2.14. The van der Waals surface area contributed by atoms with E-state index in [1.54, 1.807) is 0 Å². The lowest BCUT2D eigenvalue weighted by atomic mass is 10.1. The fraction of sp³-hybridized carbons (Fsp3) is 0.188.